The Morgan fingerprint density at radius 2 is 1.76 bits per heavy atom. The number of rotatable bonds is 3. The summed E-state index contributed by atoms with van der Waals surface area (Å²) < 4.78 is 5.27. The first-order chi connectivity index (χ1) is 10.1. The number of hydrogen-bond acceptors (Lipinski definition) is 4. The Morgan fingerprint density at radius 3 is 2.33 bits per heavy atom. The number of amides is 1. The molecule has 0 aliphatic carbocycles. The Morgan fingerprint density at radius 1 is 1.14 bits per heavy atom. The number of hydrogen-bond donors (Lipinski definition) is 1. The zero-order valence-electron chi connectivity index (χ0n) is 12.0. The molecule has 0 bridgehead atoms. The van der Waals surface area contributed by atoms with Gasteiger partial charge in [0.25, 0.3) is 5.91 Å². The van der Waals surface area contributed by atoms with Gasteiger partial charge in [0.05, 0.1) is 0 Å². The van der Waals surface area contributed by atoms with Gasteiger partial charge in [-0.2, -0.15) is 0 Å². The summed E-state index contributed by atoms with van der Waals surface area (Å²) >= 11 is 0. The molecule has 5 heteroatoms. The fourth-order valence-corrected chi connectivity index (χ4v) is 2.84. The Labute approximate surface area is 123 Å². The smallest absolute Gasteiger partial charge is 0.303 e. The maximum absolute atomic E-state index is 12.7. The van der Waals surface area contributed by atoms with E-state index in [0.29, 0.717) is 18.7 Å². The van der Waals surface area contributed by atoms with Crippen LogP contribution in [0.2, 0.25) is 0 Å². The first-order valence-electron chi connectivity index (χ1n) is 7.06. The summed E-state index contributed by atoms with van der Waals surface area (Å²) in [4.78, 5) is 25.8. The van der Waals surface area contributed by atoms with Crippen LogP contribution in [-0.4, -0.2) is 43.0 Å². The number of nitrogens with zero attached hydrogens (tertiary/aromatic N) is 1. The van der Waals surface area contributed by atoms with E-state index >= 15 is 0 Å². The van der Waals surface area contributed by atoms with Crippen molar-refractivity contribution < 1.29 is 14.3 Å². The van der Waals surface area contributed by atoms with E-state index in [9.17, 15) is 9.59 Å². The highest BCUT2D eigenvalue weighted by Crippen LogP contribution is 2.26. The highest BCUT2D eigenvalue weighted by molar-refractivity contribution is 5.85. The molecule has 5 nitrogen and oxygen atoms in total. The normalized spacial score (nSPS) is 18.6. The lowest BCUT2D eigenvalue weighted by Gasteiger charge is -2.24. The minimum absolute atomic E-state index is 0.147. The number of ether oxygens (including phenoxy) is 1. The molecule has 0 aromatic heterocycles. The monoisotopic (exact) mass is 286 g/mol. The van der Waals surface area contributed by atoms with Crippen molar-refractivity contribution in [2.24, 2.45) is 0 Å². The van der Waals surface area contributed by atoms with Crippen LogP contribution in [-0.2, 0) is 14.3 Å². The van der Waals surface area contributed by atoms with Crippen molar-refractivity contribution in [1.82, 2.24) is 10.2 Å². The molecule has 0 saturated heterocycles. The second-order valence-corrected chi connectivity index (χ2v) is 5.41. The van der Waals surface area contributed by atoms with Gasteiger partial charge in [0, 0.05) is 38.7 Å². The predicted molar refractivity (Wildman–Crippen MR) is 77.4 cm³/mol. The summed E-state index contributed by atoms with van der Waals surface area (Å²) in [5, 5.41) is 3.28. The summed E-state index contributed by atoms with van der Waals surface area (Å²) in [6, 6.07) is 9.17. The first kappa shape index (κ1) is 13.8. The van der Waals surface area contributed by atoms with Gasteiger partial charge in [-0.25, -0.2) is 0 Å². The molecule has 21 heavy (non-hydrogen) atoms. The van der Waals surface area contributed by atoms with Gasteiger partial charge in [-0.3, -0.25) is 9.59 Å². The highest BCUT2D eigenvalue weighted by Gasteiger charge is 2.34. The molecule has 1 N–H and O–H groups in total. The average molecular weight is 286 g/mol. The molecular weight excluding hydrogens is 268 g/mol. The molecular formula is C16H18N2O3. The third-order valence-corrected chi connectivity index (χ3v) is 3.86. The van der Waals surface area contributed by atoms with Crippen LogP contribution in [0, 0.1) is 0 Å². The van der Waals surface area contributed by atoms with Gasteiger partial charge < -0.3 is 15.0 Å². The fraction of sp³-hybridized carbons (Fsp3) is 0.375. The summed E-state index contributed by atoms with van der Waals surface area (Å²) in [5.74, 6) is -0.593. The van der Waals surface area contributed by atoms with Gasteiger partial charge in [0.2, 0.25) is 6.10 Å². The summed E-state index contributed by atoms with van der Waals surface area (Å²) in [5.41, 5.74) is 3.29. The maximum atomic E-state index is 12.7. The van der Waals surface area contributed by atoms with E-state index in [1.807, 2.05) is 30.3 Å². The third-order valence-electron chi connectivity index (χ3n) is 3.86. The molecule has 3 rings (SSSR count). The second kappa shape index (κ2) is 5.69. The second-order valence-electron chi connectivity index (χ2n) is 5.41. The van der Waals surface area contributed by atoms with Gasteiger partial charge in [0.1, 0.15) is 0 Å². The van der Waals surface area contributed by atoms with E-state index in [0.717, 1.165) is 13.1 Å². The molecule has 1 aromatic carbocycles. The molecule has 110 valence electrons. The van der Waals surface area contributed by atoms with Crippen LogP contribution in [0.15, 0.2) is 41.5 Å². The molecule has 2 heterocycles. The van der Waals surface area contributed by atoms with Crippen LogP contribution < -0.4 is 5.32 Å². The van der Waals surface area contributed by atoms with E-state index in [4.69, 9.17) is 4.74 Å². The van der Waals surface area contributed by atoms with Gasteiger partial charge >= 0.3 is 5.97 Å². The lowest BCUT2D eigenvalue weighted by atomic mass is 10.1. The highest BCUT2D eigenvalue weighted by atomic mass is 16.5. The standard InChI is InChI=1S/C16H18N2O3/c1-11(19)21-15(12-5-3-2-4-6-12)16(20)18-9-13-7-17-8-14(13)10-18/h2-6,15,17H,7-10H2,1H3/t15-/m0/s1. The van der Waals surface area contributed by atoms with Crippen LogP contribution in [0.3, 0.4) is 0 Å². The maximum Gasteiger partial charge on any atom is 0.303 e. The molecule has 0 spiro atoms. The van der Waals surface area contributed by atoms with Crippen molar-refractivity contribution in [3.63, 3.8) is 0 Å². The molecule has 0 fully saturated rings. The Balaban J connectivity index is 1.77. The topological polar surface area (TPSA) is 58.6 Å². The van der Waals surface area contributed by atoms with Crippen molar-refractivity contribution in [2.75, 3.05) is 26.2 Å². The SMILES string of the molecule is CC(=O)O[C@H](C(=O)N1CC2=C(CNC2)C1)c1ccccc1. The van der Waals surface area contributed by atoms with Crippen molar-refractivity contribution >= 4 is 11.9 Å². The molecule has 2 aliphatic heterocycles. The van der Waals surface area contributed by atoms with E-state index in [1.165, 1.54) is 18.1 Å². The fourth-order valence-electron chi connectivity index (χ4n) is 2.84. The number of esters is 1. The third kappa shape index (κ3) is 2.83. The molecule has 2 aliphatic rings. The Hall–Kier alpha value is -2.14. The zero-order valence-corrected chi connectivity index (χ0v) is 12.0. The van der Waals surface area contributed by atoms with Crippen molar-refractivity contribution in [3.8, 4) is 0 Å². The molecule has 0 radical (unpaired) electrons. The lowest BCUT2D eigenvalue weighted by molar-refractivity contribution is -0.158. The van der Waals surface area contributed by atoms with Crippen LogP contribution >= 0.6 is 0 Å². The lowest BCUT2D eigenvalue weighted by Crippen LogP contribution is -2.37. The van der Waals surface area contributed by atoms with E-state index in [1.54, 1.807) is 4.90 Å². The molecule has 1 amide bonds. The Kier molecular flexibility index (Phi) is 3.75. The van der Waals surface area contributed by atoms with Gasteiger partial charge in [-0.15, -0.1) is 0 Å². The molecule has 1 atom stereocenters. The number of benzene rings is 1. The zero-order chi connectivity index (χ0) is 14.8. The first-order valence-corrected chi connectivity index (χ1v) is 7.06. The largest absolute Gasteiger partial charge is 0.447 e. The van der Waals surface area contributed by atoms with Gasteiger partial charge in [-0.1, -0.05) is 30.3 Å². The van der Waals surface area contributed by atoms with Gasteiger partial charge in [-0.05, 0) is 11.1 Å². The number of carbonyl (C=O) groups is 2. The molecule has 0 saturated carbocycles. The minimum atomic E-state index is -0.850. The minimum Gasteiger partial charge on any atom is -0.447 e. The summed E-state index contributed by atoms with van der Waals surface area (Å²) in [6.07, 6.45) is -0.850. The molecule has 0 unspecified atom stereocenters. The van der Waals surface area contributed by atoms with E-state index < -0.39 is 12.1 Å². The summed E-state index contributed by atoms with van der Waals surface area (Å²) in [7, 11) is 0. The number of nitrogens with one attached hydrogen (secondary N) is 1. The van der Waals surface area contributed by atoms with Crippen LogP contribution in [0.25, 0.3) is 0 Å². The van der Waals surface area contributed by atoms with Crippen LogP contribution in [0.1, 0.15) is 18.6 Å². The Bertz CT molecular complexity index is 579. The van der Waals surface area contributed by atoms with Crippen molar-refractivity contribution in [2.45, 2.75) is 13.0 Å². The van der Waals surface area contributed by atoms with Crippen LogP contribution in [0.5, 0.6) is 0 Å². The van der Waals surface area contributed by atoms with Crippen LogP contribution in [0.4, 0.5) is 0 Å². The number of carbonyl (C=O) groups excluding carboxylic acids is 2. The average Bonchev–Trinajstić information content (AvgIpc) is 3.06. The quantitative estimate of drug-likeness (QED) is 0.666. The van der Waals surface area contributed by atoms with E-state index in [2.05, 4.69) is 5.32 Å². The summed E-state index contributed by atoms with van der Waals surface area (Å²) in [6.45, 7) is 4.29. The van der Waals surface area contributed by atoms with E-state index in [-0.39, 0.29) is 5.91 Å². The van der Waals surface area contributed by atoms with Crippen molar-refractivity contribution in [1.29, 1.82) is 0 Å². The molecule has 1 aromatic rings. The van der Waals surface area contributed by atoms with Crippen molar-refractivity contribution in [3.05, 3.63) is 47.0 Å². The predicted octanol–water partition coefficient (Wildman–Crippen LogP) is 1.03. The van der Waals surface area contributed by atoms with Gasteiger partial charge in [0.15, 0.2) is 0 Å².